The number of aliphatic imine (C=N–C) groups is 1. The first-order valence-corrected chi connectivity index (χ1v) is 10.5. The van der Waals surface area contributed by atoms with E-state index in [2.05, 4.69) is 44.1 Å². The number of rotatable bonds is 5. The number of hydrogen-bond donors (Lipinski definition) is 2. The molecular weight excluding hydrogens is 352 g/mol. The van der Waals surface area contributed by atoms with Crippen molar-refractivity contribution in [2.45, 2.75) is 45.6 Å². The van der Waals surface area contributed by atoms with E-state index in [0.717, 1.165) is 62.3 Å². The zero-order chi connectivity index (χ0) is 19.9. The molecule has 7 nitrogen and oxygen atoms in total. The molecule has 1 aromatic heterocycles. The van der Waals surface area contributed by atoms with Crippen LogP contribution in [0.5, 0.6) is 0 Å². The normalized spacial score (nSPS) is 21.6. The molecule has 0 bridgehead atoms. The standard InChI is InChI=1S/C21H34N6O/c1-16-7-10-26(11-8-16)20-6-5-18(13-24-20)14-25-21(23-2)27-9-3-4-17(15-27)12-19(22)28/h5-6,13,16-17H,3-4,7-12,14-15H2,1-2H3,(H2,22,28)(H,23,25). The van der Waals surface area contributed by atoms with Crippen LogP contribution in [0.15, 0.2) is 23.3 Å². The third-order valence-corrected chi connectivity index (χ3v) is 5.89. The summed E-state index contributed by atoms with van der Waals surface area (Å²) in [6.45, 7) is 6.99. The van der Waals surface area contributed by atoms with Crippen molar-refractivity contribution in [3.63, 3.8) is 0 Å². The first-order chi connectivity index (χ1) is 13.5. The molecule has 154 valence electrons. The zero-order valence-corrected chi connectivity index (χ0v) is 17.2. The topological polar surface area (TPSA) is 86.8 Å². The number of nitrogens with one attached hydrogen (secondary N) is 1. The Bertz CT molecular complexity index is 666. The Labute approximate surface area is 168 Å². The minimum Gasteiger partial charge on any atom is -0.370 e. The molecular formula is C21H34N6O. The van der Waals surface area contributed by atoms with Gasteiger partial charge in [0.15, 0.2) is 5.96 Å². The summed E-state index contributed by atoms with van der Waals surface area (Å²) in [5.74, 6) is 2.87. The lowest BCUT2D eigenvalue weighted by atomic mass is 9.95. The number of anilines is 1. The number of aromatic nitrogens is 1. The van der Waals surface area contributed by atoms with Gasteiger partial charge < -0.3 is 20.9 Å². The van der Waals surface area contributed by atoms with E-state index in [4.69, 9.17) is 5.73 Å². The number of amides is 1. The smallest absolute Gasteiger partial charge is 0.217 e. The second kappa shape index (κ2) is 9.75. The van der Waals surface area contributed by atoms with Gasteiger partial charge in [-0.05, 0) is 49.1 Å². The first kappa shape index (κ1) is 20.4. The SMILES string of the molecule is CN=C(NCc1ccc(N2CCC(C)CC2)nc1)N1CCCC(CC(N)=O)C1. The van der Waals surface area contributed by atoms with Crippen molar-refractivity contribution in [1.29, 1.82) is 0 Å². The van der Waals surface area contributed by atoms with Crippen LogP contribution in [0.25, 0.3) is 0 Å². The van der Waals surface area contributed by atoms with Gasteiger partial charge in [-0.25, -0.2) is 4.98 Å². The lowest BCUT2D eigenvalue weighted by Gasteiger charge is -2.34. The number of likely N-dealkylation sites (tertiary alicyclic amines) is 1. The number of guanidine groups is 1. The van der Waals surface area contributed by atoms with Crippen LogP contribution in [-0.4, -0.2) is 55.0 Å². The van der Waals surface area contributed by atoms with Crippen LogP contribution in [0.2, 0.25) is 0 Å². The highest BCUT2D eigenvalue weighted by atomic mass is 16.1. The minimum absolute atomic E-state index is 0.218. The summed E-state index contributed by atoms with van der Waals surface area (Å²) < 4.78 is 0. The third-order valence-electron chi connectivity index (χ3n) is 5.89. The maximum Gasteiger partial charge on any atom is 0.217 e. The molecule has 0 radical (unpaired) electrons. The number of primary amides is 1. The van der Waals surface area contributed by atoms with Crippen molar-refractivity contribution >= 4 is 17.7 Å². The summed E-state index contributed by atoms with van der Waals surface area (Å²) in [5.41, 5.74) is 6.51. The van der Waals surface area contributed by atoms with Crippen LogP contribution in [0, 0.1) is 11.8 Å². The molecule has 7 heteroatoms. The predicted molar refractivity (Wildman–Crippen MR) is 113 cm³/mol. The van der Waals surface area contributed by atoms with Crippen molar-refractivity contribution in [1.82, 2.24) is 15.2 Å². The first-order valence-electron chi connectivity index (χ1n) is 10.5. The lowest BCUT2D eigenvalue weighted by molar-refractivity contribution is -0.119. The average Bonchev–Trinajstić information content (AvgIpc) is 2.69. The Morgan fingerprint density at radius 3 is 2.71 bits per heavy atom. The molecule has 1 atom stereocenters. The van der Waals surface area contributed by atoms with Gasteiger partial charge in [0.1, 0.15) is 5.82 Å². The molecule has 2 saturated heterocycles. The minimum atomic E-state index is -0.218. The van der Waals surface area contributed by atoms with Crippen LogP contribution < -0.4 is 16.0 Å². The second-order valence-corrected chi connectivity index (χ2v) is 8.22. The summed E-state index contributed by atoms with van der Waals surface area (Å²) in [5, 5.41) is 3.44. The quantitative estimate of drug-likeness (QED) is 0.597. The number of pyridine rings is 1. The lowest BCUT2D eigenvalue weighted by Crippen LogP contribution is -2.46. The molecule has 0 aromatic carbocycles. The zero-order valence-electron chi connectivity index (χ0n) is 17.2. The van der Waals surface area contributed by atoms with Crippen molar-refractivity contribution in [3.05, 3.63) is 23.9 Å². The van der Waals surface area contributed by atoms with Crippen LogP contribution in [-0.2, 0) is 11.3 Å². The predicted octanol–water partition coefficient (Wildman–Crippen LogP) is 1.98. The van der Waals surface area contributed by atoms with Gasteiger partial charge in [0, 0.05) is 52.4 Å². The Kier molecular flexibility index (Phi) is 7.12. The van der Waals surface area contributed by atoms with E-state index < -0.39 is 0 Å². The molecule has 1 aromatic rings. The molecule has 3 heterocycles. The second-order valence-electron chi connectivity index (χ2n) is 8.22. The fourth-order valence-electron chi connectivity index (χ4n) is 4.17. The van der Waals surface area contributed by atoms with Gasteiger partial charge in [0.25, 0.3) is 0 Å². The van der Waals surface area contributed by atoms with Gasteiger partial charge in [0.2, 0.25) is 5.91 Å². The van der Waals surface area contributed by atoms with Crippen LogP contribution >= 0.6 is 0 Å². The van der Waals surface area contributed by atoms with Crippen molar-refractivity contribution in [2.75, 3.05) is 38.1 Å². The summed E-state index contributed by atoms with van der Waals surface area (Å²) >= 11 is 0. The van der Waals surface area contributed by atoms with Crippen molar-refractivity contribution in [3.8, 4) is 0 Å². The van der Waals surface area contributed by atoms with Gasteiger partial charge in [-0.3, -0.25) is 9.79 Å². The maximum atomic E-state index is 11.2. The summed E-state index contributed by atoms with van der Waals surface area (Å²) in [6.07, 6.45) is 7.01. The van der Waals surface area contributed by atoms with E-state index in [1.165, 1.54) is 12.8 Å². The van der Waals surface area contributed by atoms with Gasteiger partial charge in [0.05, 0.1) is 0 Å². The highest BCUT2D eigenvalue weighted by Crippen LogP contribution is 2.22. The summed E-state index contributed by atoms with van der Waals surface area (Å²) in [7, 11) is 1.80. The molecule has 0 aliphatic carbocycles. The number of carbonyl (C=O) groups excluding carboxylic acids is 1. The number of hydrogen-bond acceptors (Lipinski definition) is 4. The highest BCUT2D eigenvalue weighted by molar-refractivity contribution is 5.80. The number of nitrogens with two attached hydrogens (primary N) is 1. The van der Waals surface area contributed by atoms with E-state index >= 15 is 0 Å². The molecule has 2 fully saturated rings. The van der Waals surface area contributed by atoms with Crippen LogP contribution in [0.3, 0.4) is 0 Å². The molecule has 3 rings (SSSR count). The molecule has 2 aliphatic heterocycles. The summed E-state index contributed by atoms with van der Waals surface area (Å²) in [4.78, 5) is 24.9. The van der Waals surface area contributed by atoms with E-state index in [-0.39, 0.29) is 5.91 Å². The van der Waals surface area contributed by atoms with Gasteiger partial charge in [-0.15, -0.1) is 0 Å². The van der Waals surface area contributed by atoms with E-state index in [0.29, 0.717) is 18.9 Å². The van der Waals surface area contributed by atoms with E-state index in [1.54, 1.807) is 7.05 Å². The fraction of sp³-hybridized carbons (Fsp3) is 0.667. The van der Waals surface area contributed by atoms with Crippen LogP contribution in [0.1, 0.15) is 44.6 Å². The van der Waals surface area contributed by atoms with Crippen molar-refractivity contribution in [2.24, 2.45) is 22.6 Å². The largest absolute Gasteiger partial charge is 0.370 e. The number of nitrogens with zero attached hydrogens (tertiary/aromatic N) is 4. The van der Waals surface area contributed by atoms with Gasteiger partial charge in [-0.1, -0.05) is 13.0 Å². The number of piperidine rings is 2. The molecule has 3 N–H and O–H groups in total. The highest BCUT2D eigenvalue weighted by Gasteiger charge is 2.23. The van der Waals surface area contributed by atoms with E-state index in [9.17, 15) is 4.79 Å². The maximum absolute atomic E-state index is 11.2. The Morgan fingerprint density at radius 1 is 1.29 bits per heavy atom. The molecule has 2 aliphatic rings. The molecule has 1 unspecified atom stereocenters. The molecule has 0 saturated carbocycles. The third kappa shape index (κ3) is 5.59. The Balaban J connectivity index is 1.51. The molecule has 1 amide bonds. The van der Waals surface area contributed by atoms with Crippen LogP contribution in [0.4, 0.5) is 5.82 Å². The number of carbonyl (C=O) groups is 1. The summed E-state index contributed by atoms with van der Waals surface area (Å²) in [6, 6.07) is 4.27. The van der Waals surface area contributed by atoms with Gasteiger partial charge >= 0.3 is 0 Å². The Hall–Kier alpha value is -2.31. The monoisotopic (exact) mass is 386 g/mol. The average molecular weight is 387 g/mol. The molecule has 28 heavy (non-hydrogen) atoms. The molecule has 0 spiro atoms. The fourth-order valence-corrected chi connectivity index (χ4v) is 4.17. The Morgan fingerprint density at radius 2 is 2.07 bits per heavy atom. The van der Waals surface area contributed by atoms with Gasteiger partial charge in [-0.2, -0.15) is 0 Å². The van der Waals surface area contributed by atoms with Crippen molar-refractivity contribution < 1.29 is 4.79 Å². The van der Waals surface area contributed by atoms with E-state index in [1.807, 2.05) is 6.20 Å².